The van der Waals surface area contributed by atoms with E-state index in [-0.39, 0.29) is 0 Å². The first-order valence-electron chi connectivity index (χ1n) is 4.38. The second-order valence-corrected chi connectivity index (χ2v) is 2.64. The molecule has 0 unspecified atom stereocenters. The van der Waals surface area contributed by atoms with Gasteiger partial charge in [0, 0.05) is 24.4 Å². The topological polar surface area (TPSA) is 21.3 Å². The van der Waals surface area contributed by atoms with E-state index in [2.05, 4.69) is 11.9 Å². The van der Waals surface area contributed by atoms with E-state index in [1.165, 1.54) is 0 Å². The summed E-state index contributed by atoms with van der Waals surface area (Å²) in [7, 11) is 1.89. The van der Waals surface area contributed by atoms with Crippen LogP contribution >= 0.6 is 0 Å². The molecule has 0 saturated carbocycles. The number of ether oxygens (including phenoxy) is 1. The lowest BCUT2D eigenvalue weighted by Gasteiger charge is -2.09. The van der Waals surface area contributed by atoms with Gasteiger partial charge >= 0.3 is 0 Å². The standard InChI is InChI=1S/C11H15NO/c1-4-9-6-7-10(12-3)8-11(9)13-5-2/h4,6-8,12H,1,5H2,2-3H3. The molecule has 1 aromatic carbocycles. The molecule has 1 rings (SSSR count). The fourth-order valence-corrected chi connectivity index (χ4v) is 1.14. The maximum Gasteiger partial charge on any atom is 0.128 e. The fraction of sp³-hybridized carbons (Fsp3) is 0.273. The van der Waals surface area contributed by atoms with E-state index in [4.69, 9.17) is 4.74 Å². The first-order chi connectivity index (χ1) is 6.31. The van der Waals surface area contributed by atoms with Crippen LogP contribution in [0, 0.1) is 0 Å². The molecule has 2 heteroatoms. The Labute approximate surface area is 79.2 Å². The molecule has 0 fully saturated rings. The Morgan fingerprint density at radius 2 is 2.31 bits per heavy atom. The van der Waals surface area contributed by atoms with E-state index in [1.54, 1.807) is 6.08 Å². The first-order valence-corrected chi connectivity index (χ1v) is 4.38. The van der Waals surface area contributed by atoms with Gasteiger partial charge in [0.1, 0.15) is 5.75 Å². The summed E-state index contributed by atoms with van der Waals surface area (Å²) in [5.41, 5.74) is 2.08. The van der Waals surface area contributed by atoms with Crippen molar-refractivity contribution >= 4 is 11.8 Å². The SMILES string of the molecule is C=Cc1ccc(NC)cc1OCC. The molecule has 13 heavy (non-hydrogen) atoms. The molecule has 0 aromatic heterocycles. The Hall–Kier alpha value is -1.44. The van der Waals surface area contributed by atoms with Crippen LogP contribution in [0.3, 0.4) is 0 Å². The number of anilines is 1. The molecule has 0 aliphatic carbocycles. The zero-order valence-corrected chi connectivity index (χ0v) is 8.13. The number of benzene rings is 1. The first kappa shape index (κ1) is 9.65. The molecule has 0 aliphatic heterocycles. The molecule has 70 valence electrons. The van der Waals surface area contributed by atoms with Gasteiger partial charge in [0.2, 0.25) is 0 Å². The van der Waals surface area contributed by atoms with Crippen molar-refractivity contribution in [2.45, 2.75) is 6.92 Å². The van der Waals surface area contributed by atoms with Gasteiger partial charge in [-0.3, -0.25) is 0 Å². The third-order valence-corrected chi connectivity index (χ3v) is 1.82. The predicted octanol–water partition coefficient (Wildman–Crippen LogP) is 2.77. The lowest BCUT2D eigenvalue weighted by atomic mass is 10.2. The van der Waals surface area contributed by atoms with E-state index in [9.17, 15) is 0 Å². The molecular formula is C11H15NO. The molecule has 0 spiro atoms. The monoisotopic (exact) mass is 177 g/mol. The zero-order chi connectivity index (χ0) is 9.68. The van der Waals surface area contributed by atoms with Gasteiger partial charge in [-0.05, 0) is 19.1 Å². The van der Waals surface area contributed by atoms with Gasteiger partial charge < -0.3 is 10.1 Å². The summed E-state index contributed by atoms with van der Waals surface area (Å²) < 4.78 is 5.46. The van der Waals surface area contributed by atoms with Crippen LogP contribution in [0.15, 0.2) is 24.8 Å². The smallest absolute Gasteiger partial charge is 0.128 e. The van der Waals surface area contributed by atoms with Crippen molar-refractivity contribution < 1.29 is 4.74 Å². The van der Waals surface area contributed by atoms with Gasteiger partial charge in [0.15, 0.2) is 0 Å². The molecule has 0 bridgehead atoms. The highest BCUT2D eigenvalue weighted by Gasteiger charge is 2.00. The van der Waals surface area contributed by atoms with Crippen molar-refractivity contribution in [3.63, 3.8) is 0 Å². The molecule has 0 atom stereocenters. The quantitative estimate of drug-likeness (QED) is 0.763. The number of hydrogen-bond donors (Lipinski definition) is 1. The Kier molecular flexibility index (Phi) is 3.38. The van der Waals surface area contributed by atoms with E-state index >= 15 is 0 Å². The van der Waals surface area contributed by atoms with Crippen LogP contribution in [-0.4, -0.2) is 13.7 Å². The summed E-state index contributed by atoms with van der Waals surface area (Å²) in [6, 6.07) is 5.96. The fourth-order valence-electron chi connectivity index (χ4n) is 1.14. The summed E-state index contributed by atoms with van der Waals surface area (Å²) in [4.78, 5) is 0. The number of hydrogen-bond acceptors (Lipinski definition) is 2. The molecule has 0 saturated heterocycles. The number of rotatable bonds is 4. The molecule has 1 aromatic rings. The van der Waals surface area contributed by atoms with Crippen LogP contribution in [0.2, 0.25) is 0 Å². The molecule has 1 N–H and O–H groups in total. The summed E-state index contributed by atoms with van der Waals surface area (Å²) in [5.74, 6) is 0.879. The van der Waals surface area contributed by atoms with Gasteiger partial charge in [-0.1, -0.05) is 12.7 Å². The second-order valence-electron chi connectivity index (χ2n) is 2.64. The molecule has 0 radical (unpaired) electrons. The van der Waals surface area contributed by atoms with Crippen LogP contribution in [0.5, 0.6) is 5.75 Å². The minimum Gasteiger partial charge on any atom is -0.493 e. The van der Waals surface area contributed by atoms with Gasteiger partial charge in [-0.25, -0.2) is 0 Å². The van der Waals surface area contributed by atoms with E-state index in [0.29, 0.717) is 6.61 Å². The van der Waals surface area contributed by atoms with Crippen molar-refractivity contribution in [2.24, 2.45) is 0 Å². The van der Waals surface area contributed by atoms with E-state index in [1.807, 2.05) is 32.2 Å². The lowest BCUT2D eigenvalue weighted by molar-refractivity contribution is 0.339. The second kappa shape index (κ2) is 4.55. The Morgan fingerprint density at radius 3 is 2.85 bits per heavy atom. The van der Waals surface area contributed by atoms with Crippen molar-refractivity contribution in [1.29, 1.82) is 0 Å². The van der Waals surface area contributed by atoms with Gasteiger partial charge in [-0.15, -0.1) is 0 Å². The van der Waals surface area contributed by atoms with Gasteiger partial charge in [0.25, 0.3) is 0 Å². The van der Waals surface area contributed by atoms with Crippen LogP contribution in [-0.2, 0) is 0 Å². The molecule has 2 nitrogen and oxygen atoms in total. The van der Waals surface area contributed by atoms with E-state index < -0.39 is 0 Å². The molecular weight excluding hydrogens is 162 g/mol. The lowest BCUT2D eigenvalue weighted by Crippen LogP contribution is -1.95. The average Bonchev–Trinajstić information content (AvgIpc) is 2.18. The third kappa shape index (κ3) is 2.25. The molecule has 0 heterocycles. The zero-order valence-electron chi connectivity index (χ0n) is 8.13. The highest BCUT2D eigenvalue weighted by Crippen LogP contribution is 2.23. The van der Waals surface area contributed by atoms with Crippen LogP contribution in [0.1, 0.15) is 12.5 Å². The maximum atomic E-state index is 5.46. The highest BCUT2D eigenvalue weighted by molar-refractivity contribution is 5.61. The van der Waals surface area contributed by atoms with Crippen LogP contribution < -0.4 is 10.1 Å². The summed E-state index contributed by atoms with van der Waals surface area (Å²) in [5, 5.41) is 3.06. The Bertz CT molecular complexity index is 294. The summed E-state index contributed by atoms with van der Waals surface area (Å²) in [6.07, 6.45) is 1.80. The van der Waals surface area contributed by atoms with Gasteiger partial charge in [-0.2, -0.15) is 0 Å². The third-order valence-electron chi connectivity index (χ3n) is 1.82. The minimum absolute atomic E-state index is 0.675. The normalized spacial score (nSPS) is 9.38. The van der Waals surface area contributed by atoms with Crippen molar-refractivity contribution in [3.05, 3.63) is 30.3 Å². The van der Waals surface area contributed by atoms with E-state index in [0.717, 1.165) is 17.0 Å². The maximum absolute atomic E-state index is 5.46. The van der Waals surface area contributed by atoms with Crippen molar-refractivity contribution in [1.82, 2.24) is 0 Å². The van der Waals surface area contributed by atoms with Crippen LogP contribution in [0.25, 0.3) is 6.08 Å². The Morgan fingerprint density at radius 1 is 1.54 bits per heavy atom. The van der Waals surface area contributed by atoms with Crippen molar-refractivity contribution in [2.75, 3.05) is 19.0 Å². The van der Waals surface area contributed by atoms with Crippen molar-refractivity contribution in [3.8, 4) is 5.75 Å². The molecule has 0 amide bonds. The Balaban J connectivity index is 3.02. The predicted molar refractivity (Wildman–Crippen MR) is 57.2 cm³/mol. The average molecular weight is 177 g/mol. The number of nitrogens with one attached hydrogen (secondary N) is 1. The highest BCUT2D eigenvalue weighted by atomic mass is 16.5. The largest absolute Gasteiger partial charge is 0.493 e. The summed E-state index contributed by atoms with van der Waals surface area (Å²) >= 11 is 0. The summed E-state index contributed by atoms with van der Waals surface area (Å²) in [6.45, 7) is 6.37. The minimum atomic E-state index is 0.675. The molecule has 0 aliphatic rings. The van der Waals surface area contributed by atoms with Crippen LogP contribution in [0.4, 0.5) is 5.69 Å². The van der Waals surface area contributed by atoms with Gasteiger partial charge in [0.05, 0.1) is 6.61 Å².